The maximum atomic E-state index is 17.1. The number of fused-ring (bicyclic) bond motifs is 2. The Hall–Kier alpha value is -3.36. The van der Waals surface area contributed by atoms with Gasteiger partial charge in [-0.05, 0) is 63.6 Å². The quantitative estimate of drug-likeness (QED) is 0.190. The topological polar surface area (TPSA) is 163 Å². The number of aliphatic hydroxyl groups excluding tert-OH is 2. The molecule has 2 aromatic heterocycles. The summed E-state index contributed by atoms with van der Waals surface area (Å²) < 4.78 is 35.0. The number of aromatic nitrogens is 3. The number of aliphatic hydroxyl groups is 2. The van der Waals surface area contributed by atoms with Crippen LogP contribution in [0.2, 0.25) is 5.02 Å². The van der Waals surface area contributed by atoms with Gasteiger partial charge >= 0.3 is 6.01 Å². The highest BCUT2D eigenvalue weighted by Crippen LogP contribution is 2.51. The average Bonchev–Trinajstić information content (AvgIpc) is 3.87. The number of benzene rings is 1. The van der Waals surface area contributed by atoms with E-state index in [4.69, 9.17) is 41.9 Å². The van der Waals surface area contributed by atoms with Gasteiger partial charge in [0.2, 0.25) is 5.88 Å². The van der Waals surface area contributed by atoms with Crippen LogP contribution in [0.25, 0.3) is 22.2 Å². The maximum Gasteiger partial charge on any atom is 0.319 e. The number of hydrogen-bond acceptors (Lipinski definition) is 12. The first kappa shape index (κ1) is 33.2. The summed E-state index contributed by atoms with van der Waals surface area (Å²) in [4.78, 5) is 18.5. The van der Waals surface area contributed by atoms with Gasteiger partial charge in [-0.15, -0.1) is 0 Å². The number of β-amino-alcohol motifs (C(OH)–C–C–N with tert-alkyl or cyclic N) is 1. The third kappa shape index (κ3) is 5.83. The SMILES string of the molecule is COc1nc(-c2c(C)c(Cl)cc(N)c2C=N)c(F)c2nc(OCC34CCCC3N(C3CC3)CCC4)nc(N3CC(O)CO[C@@H](CO)C3)c12. The Bertz CT molecular complexity index is 1730. The summed E-state index contributed by atoms with van der Waals surface area (Å²) in [6, 6.07) is 2.62. The van der Waals surface area contributed by atoms with Crippen molar-refractivity contribution in [2.45, 2.75) is 76.2 Å². The first-order valence-corrected chi connectivity index (χ1v) is 17.1. The lowest BCUT2D eigenvalue weighted by atomic mass is 9.75. The molecule has 258 valence electrons. The second kappa shape index (κ2) is 13.2. The Labute approximate surface area is 283 Å². The zero-order valence-corrected chi connectivity index (χ0v) is 28.1. The Balaban J connectivity index is 1.38. The van der Waals surface area contributed by atoms with Gasteiger partial charge in [0.15, 0.2) is 5.82 Å². The van der Waals surface area contributed by atoms with Crippen molar-refractivity contribution >= 4 is 40.2 Å². The van der Waals surface area contributed by atoms with Gasteiger partial charge in [-0.2, -0.15) is 9.97 Å². The molecular formula is C34H43ClFN7O5. The van der Waals surface area contributed by atoms with Gasteiger partial charge in [-0.3, -0.25) is 4.90 Å². The van der Waals surface area contributed by atoms with Gasteiger partial charge < -0.3 is 40.5 Å². The largest absolute Gasteiger partial charge is 0.480 e. The standard InChI is InChI=1S/C34H43ClFN7O5/c1-18-23(35)11-24(38)22(12-37)26(18)29-28(36)30-27(32(39-29)46-2)31(42-13-20(45)16-47-21(14-42)15-44)41-33(40-30)48-17-34-8-3-5-25(34)43(10-4-9-34)19-6-7-19/h11-12,19-21,25,37,44-45H,3-10,13-17,38H2,1-2H3/t20?,21-,25?,34?/m1/s1. The van der Waals surface area contributed by atoms with E-state index in [2.05, 4.69) is 14.9 Å². The van der Waals surface area contributed by atoms with Gasteiger partial charge in [0.1, 0.15) is 22.4 Å². The number of piperidine rings is 1. The lowest BCUT2D eigenvalue weighted by molar-refractivity contribution is -0.0107. The van der Waals surface area contributed by atoms with Crippen LogP contribution in [0.3, 0.4) is 0 Å². The zero-order valence-electron chi connectivity index (χ0n) is 27.3. The number of anilines is 2. The summed E-state index contributed by atoms with van der Waals surface area (Å²) in [5, 5.41) is 29.3. The summed E-state index contributed by atoms with van der Waals surface area (Å²) >= 11 is 6.49. The van der Waals surface area contributed by atoms with E-state index >= 15 is 4.39 Å². The molecule has 1 aromatic carbocycles. The monoisotopic (exact) mass is 683 g/mol. The number of nitrogens with two attached hydrogens (primary N) is 1. The van der Waals surface area contributed by atoms with E-state index in [1.54, 1.807) is 11.8 Å². The highest BCUT2D eigenvalue weighted by Gasteiger charge is 2.51. The van der Waals surface area contributed by atoms with Gasteiger partial charge in [0.05, 0.1) is 39.1 Å². The van der Waals surface area contributed by atoms with Crippen LogP contribution in [0.5, 0.6) is 11.9 Å². The van der Waals surface area contributed by atoms with Crippen molar-refractivity contribution in [2.75, 3.05) is 57.2 Å². The third-order valence-corrected chi connectivity index (χ3v) is 11.0. The predicted molar refractivity (Wildman–Crippen MR) is 181 cm³/mol. The van der Waals surface area contributed by atoms with Crippen LogP contribution >= 0.6 is 11.6 Å². The number of ether oxygens (including phenoxy) is 3. The number of hydrogen-bond donors (Lipinski definition) is 4. The average molecular weight is 684 g/mol. The summed E-state index contributed by atoms with van der Waals surface area (Å²) in [7, 11) is 1.42. The van der Waals surface area contributed by atoms with Crippen molar-refractivity contribution in [3.63, 3.8) is 0 Å². The molecule has 7 rings (SSSR count). The summed E-state index contributed by atoms with van der Waals surface area (Å²) in [6.07, 6.45) is 7.49. The molecular weight excluding hydrogens is 641 g/mol. The molecule has 0 bridgehead atoms. The molecule has 14 heteroatoms. The highest BCUT2D eigenvalue weighted by atomic mass is 35.5. The minimum absolute atomic E-state index is 0.00557. The highest BCUT2D eigenvalue weighted by molar-refractivity contribution is 6.32. The Morgan fingerprint density at radius 2 is 2.00 bits per heavy atom. The van der Waals surface area contributed by atoms with Gasteiger partial charge in [0.25, 0.3) is 0 Å². The molecule has 4 fully saturated rings. The molecule has 2 aliphatic heterocycles. The van der Waals surface area contributed by atoms with Crippen molar-refractivity contribution in [3.05, 3.63) is 28.0 Å². The second-order valence-corrected chi connectivity index (χ2v) is 14.1. The molecule has 0 amide bonds. The lowest BCUT2D eigenvalue weighted by Gasteiger charge is -2.46. The minimum Gasteiger partial charge on any atom is -0.480 e. The van der Waals surface area contributed by atoms with Crippen LogP contribution in [0.4, 0.5) is 15.9 Å². The fraction of sp³-hybridized carbons (Fsp3) is 0.588. The summed E-state index contributed by atoms with van der Waals surface area (Å²) in [5.74, 6) is -0.517. The van der Waals surface area contributed by atoms with Gasteiger partial charge in [-0.1, -0.05) is 18.0 Å². The van der Waals surface area contributed by atoms with Crippen LogP contribution in [0.15, 0.2) is 6.07 Å². The summed E-state index contributed by atoms with van der Waals surface area (Å²) in [5.41, 5.74) is 7.17. The molecule has 5 N–H and O–H groups in total. The van der Waals surface area contributed by atoms with Crippen molar-refractivity contribution in [1.82, 2.24) is 19.9 Å². The van der Waals surface area contributed by atoms with Crippen molar-refractivity contribution in [3.8, 4) is 23.1 Å². The molecule has 4 atom stereocenters. The van der Waals surface area contributed by atoms with E-state index in [1.807, 2.05) is 0 Å². The Morgan fingerprint density at radius 3 is 2.73 bits per heavy atom. The van der Waals surface area contributed by atoms with E-state index < -0.39 is 18.0 Å². The molecule has 4 heterocycles. The van der Waals surface area contributed by atoms with E-state index in [9.17, 15) is 10.2 Å². The first-order valence-electron chi connectivity index (χ1n) is 16.8. The molecule has 12 nitrogen and oxygen atoms in total. The fourth-order valence-electron chi connectivity index (χ4n) is 8.16. The molecule has 3 aromatic rings. The number of nitrogen functional groups attached to an aromatic ring is 1. The fourth-order valence-corrected chi connectivity index (χ4v) is 8.37. The molecule has 2 saturated carbocycles. The number of halogens is 2. The van der Waals surface area contributed by atoms with E-state index in [0.29, 0.717) is 29.3 Å². The van der Waals surface area contributed by atoms with Crippen LogP contribution in [0, 0.1) is 23.6 Å². The van der Waals surface area contributed by atoms with E-state index in [0.717, 1.165) is 44.9 Å². The van der Waals surface area contributed by atoms with Crippen LogP contribution in [-0.4, -0.2) is 107 Å². The molecule has 0 radical (unpaired) electrons. The van der Waals surface area contributed by atoms with Crippen molar-refractivity contribution in [1.29, 1.82) is 5.41 Å². The normalized spacial score (nSPS) is 26.4. The molecule has 2 aliphatic carbocycles. The van der Waals surface area contributed by atoms with Gasteiger partial charge in [-0.25, -0.2) is 9.37 Å². The number of methoxy groups -OCH3 is 1. The Kier molecular flexibility index (Phi) is 9.09. The molecule has 0 spiro atoms. The number of rotatable bonds is 9. The van der Waals surface area contributed by atoms with Gasteiger partial charge in [0, 0.05) is 58.6 Å². The van der Waals surface area contributed by atoms with Crippen molar-refractivity contribution in [2.24, 2.45) is 5.41 Å². The predicted octanol–water partition coefficient (Wildman–Crippen LogP) is 4.12. The number of pyridine rings is 1. The smallest absolute Gasteiger partial charge is 0.319 e. The molecule has 4 aliphatic rings. The second-order valence-electron chi connectivity index (χ2n) is 13.7. The maximum absolute atomic E-state index is 17.1. The summed E-state index contributed by atoms with van der Waals surface area (Å²) in [6.45, 7) is 3.22. The molecule has 48 heavy (non-hydrogen) atoms. The number of nitrogens with zero attached hydrogens (tertiary/aromatic N) is 5. The Morgan fingerprint density at radius 1 is 1.21 bits per heavy atom. The third-order valence-electron chi connectivity index (χ3n) is 10.6. The zero-order chi connectivity index (χ0) is 33.7. The lowest BCUT2D eigenvalue weighted by Crippen LogP contribution is -2.52. The number of nitrogens with one attached hydrogen (secondary N) is 1. The molecule has 2 saturated heterocycles. The molecule has 3 unspecified atom stereocenters. The van der Waals surface area contributed by atoms with E-state index in [1.165, 1.54) is 26.0 Å². The van der Waals surface area contributed by atoms with Crippen LogP contribution in [0.1, 0.15) is 56.1 Å². The minimum atomic E-state index is -0.903. The number of likely N-dealkylation sites (tertiary alicyclic amines) is 1. The first-order chi connectivity index (χ1) is 23.2. The van der Waals surface area contributed by atoms with Crippen LogP contribution < -0.4 is 20.1 Å². The van der Waals surface area contributed by atoms with Crippen molar-refractivity contribution < 1.29 is 28.8 Å². The van der Waals surface area contributed by atoms with Crippen LogP contribution in [-0.2, 0) is 4.74 Å². The van der Waals surface area contributed by atoms with E-state index in [-0.39, 0.29) is 82.8 Å².